The van der Waals surface area contributed by atoms with Crippen molar-refractivity contribution in [3.63, 3.8) is 0 Å². The zero-order chi connectivity index (χ0) is 13.3. The zero-order valence-corrected chi connectivity index (χ0v) is 12.1. The molecule has 1 nitrogen and oxygen atoms in total. The molecular formula is C17H14OSe. The van der Waals surface area contributed by atoms with Gasteiger partial charge in [-0.25, -0.2) is 0 Å². The van der Waals surface area contributed by atoms with Gasteiger partial charge in [0.25, 0.3) is 0 Å². The number of hydrogen-bond acceptors (Lipinski definition) is 1. The summed E-state index contributed by atoms with van der Waals surface area (Å²) in [6, 6.07) is 20.1. The number of hydrogen-bond donors (Lipinski definition) is 0. The molecule has 19 heavy (non-hydrogen) atoms. The molecule has 0 saturated heterocycles. The van der Waals surface area contributed by atoms with Crippen LogP contribution in [0.15, 0.2) is 77.3 Å². The third-order valence-electron chi connectivity index (χ3n) is 2.44. The Kier molecular flexibility index (Phi) is 5.36. The molecule has 0 aliphatic carbocycles. The first-order valence-electron chi connectivity index (χ1n) is 6.00. The van der Waals surface area contributed by atoms with Crippen molar-refractivity contribution >= 4 is 31.8 Å². The maximum absolute atomic E-state index is 11.1. The van der Waals surface area contributed by atoms with Crippen molar-refractivity contribution in [3.8, 4) is 0 Å². The number of allylic oxidation sites excluding steroid dienone is 3. The molecule has 0 heterocycles. The summed E-state index contributed by atoms with van der Waals surface area (Å²) in [6.45, 7) is 0. The summed E-state index contributed by atoms with van der Waals surface area (Å²) in [5, 5.41) is 0. The normalized spacial score (nSPS) is 11.7. The van der Waals surface area contributed by atoms with Gasteiger partial charge in [0, 0.05) is 0 Å². The molecule has 0 N–H and O–H groups in total. The van der Waals surface area contributed by atoms with E-state index < -0.39 is 0 Å². The maximum atomic E-state index is 11.1. The van der Waals surface area contributed by atoms with Gasteiger partial charge in [-0.2, -0.15) is 0 Å². The van der Waals surface area contributed by atoms with Gasteiger partial charge in [0.1, 0.15) is 0 Å². The fraction of sp³-hybridized carbons (Fsp3) is 0. The van der Waals surface area contributed by atoms with Gasteiger partial charge in [-0.1, -0.05) is 0 Å². The van der Waals surface area contributed by atoms with E-state index in [1.165, 1.54) is 4.46 Å². The molecule has 2 aromatic carbocycles. The van der Waals surface area contributed by atoms with Gasteiger partial charge in [0.15, 0.2) is 0 Å². The number of carbonyl (C=O) groups is 1. The van der Waals surface area contributed by atoms with Crippen LogP contribution in [-0.2, 0) is 4.79 Å². The predicted molar refractivity (Wildman–Crippen MR) is 81.5 cm³/mol. The Morgan fingerprint density at radius 3 is 2.16 bits per heavy atom. The van der Waals surface area contributed by atoms with E-state index in [1.807, 2.05) is 66.8 Å². The Labute approximate surface area is 119 Å². The van der Waals surface area contributed by atoms with Gasteiger partial charge >= 0.3 is 119 Å². The fourth-order valence-electron chi connectivity index (χ4n) is 1.54. The standard InChI is InChI=1S/C17H14OSe/c18-14-17(19-16-11-5-2-6-12-16)13-7-10-15-8-3-1-4-9-15/h1-14H/b10-7+,17-13+. The van der Waals surface area contributed by atoms with Gasteiger partial charge in [-0.3, -0.25) is 0 Å². The molecule has 2 rings (SSSR count). The van der Waals surface area contributed by atoms with E-state index in [0.29, 0.717) is 0 Å². The summed E-state index contributed by atoms with van der Waals surface area (Å²) in [4.78, 5) is 11.1. The van der Waals surface area contributed by atoms with Crippen molar-refractivity contribution in [2.45, 2.75) is 0 Å². The predicted octanol–water partition coefficient (Wildman–Crippen LogP) is 2.81. The monoisotopic (exact) mass is 314 g/mol. The number of rotatable bonds is 5. The average Bonchev–Trinajstić information content (AvgIpc) is 2.48. The summed E-state index contributed by atoms with van der Waals surface area (Å²) < 4.78 is 2.05. The van der Waals surface area contributed by atoms with Crippen LogP contribution in [0.3, 0.4) is 0 Å². The van der Waals surface area contributed by atoms with Crippen molar-refractivity contribution in [2.75, 3.05) is 0 Å². The van der Waals surface area contributed by atoms with Crippen LogP contribution in [0.2, 0.25) is 0 Å². The number of aldehydes is 1. The van der Waals surface area contributed by atoms with Crippen LogP contribution in [0.5, 0.6) is 0 Å². The third-order valence-corrected chi connectivity index (χ3v) is 4.49. The molecule has 0 atom stereocenters. The second-order valence-electron chi connectivity index (χ2n) is 3.87. The molecule has 0 fully saturated rings. The van der Waals surface area contributed by atoms with Crippen molar-refractivity contribution in [3.05, 3.63) is 82.9 Å². The zero-order valence-electron chi connectivity index (χ0n) is 10.4. The first kappa shape index (κ1) is 13.5. The third kappa shape index (κ3) is 4.70. The SMILES string of the molecule is O=C/C(=C\C=C\c1ccccc1)[Se]c1ccccc1. The van der Waals surface area contributed by atoms with Crippen LogP contribution in [0.1, 0.15) is 5.56 Å². The average molecular weight is 313 g/mol. The molecule has 0 aliphatic heterocycles. The van der Waals surface area contributed by atoms with Crippen molar-refractivity contribution in [2.24, 2.45) is 0 Å². The molecule has 94 valence electrons. The second kappa shape index (κ2) is 7.52. The molecule has 2 aromatic rings. The molecule has 0 saturated carbocycles. The van der Waals surface area contributed by atoms with E-state index in [4.69, 9.17) is 0 Å². The topological polar surface area (TPSA) is 17.1 Å². The molecule has 0 amide bonds. The van der Waals surface area contributed by atoms with E-state index in [2.05, 4.69) is 12.1 Å². The molecule has 0 aliphatic rings. The van der Waals surface area contributed by atoms with Gasteiger partial charge in [0.05, 0.1) is 0 Å². The molecule has 0 bridgehead atoms. The van der Waals surface area contributed by atoms with Crippen molar-refractivity contribution in [1.82, 2.24) is 0 Å². The molecule has 0 spiro atoms. The molecule has 2 heteroatoms. The van der Waals surface area contributed by atoms with Crippen LogP contribution in [0.4, 0.5) is 0 Å². The Balaban J connectivity index is 2.04. The van der Waals surface area contributed by atoms with Crippen LogP contribution < -0.4 is 4.46 Å². The van der Waals surface area contributed by atoms with E-state index >= 15 is 0 Å². The van der Waals surface area contributed by atoms with Crippen LogP contribution in [-0.4, -0.2) is 21.2 Å². The molecule has 0 unspecified atom stereocenters. The Bertz CT molecular complexity index is 571. The Morgan fingerprint density at radius 2 is 1.53 bits per heavy atom. The van der Waals surface area contributed by atoms with E-state index in [-0.39, 0.29) is 15.0 Å². The molecule has 0 radical (unpaired) electrons. The van der Waals surface area contributed by atoms with E-state index in [0.717, 1.165) is 16.3 Å². The first-order valence-corrected chi connectivity index (χ1v) is 7.71. The van der Waals surface area contributed by atoms with Gasteiger partial charge in [-0.15, -0.1) is 0 Å². The minimum atomic E-state index is 0.0735. The van der Waals surface area contributed by atoms with Crippen molar-refractivity contribution < 1.29 is 4.79 Å². The van der Waals surface area contributed by atoms with Crippen LogP contribution in [0, 0.1) is 0 Å². The van der Waals surface area contributed by atoms with E-state index in [1.54, 1.807) is 0 Å². The van der Waals surface area contributed by atoms with Gasteiger partial charge in [0.2, 0.25) is 0 Å². The quantitative estimate of drug-likeness (QED) is 0.359. The fourth-order valence-corrected chi connectivity index (χ4v) is 3.13. The molecular weight excluding hydrogens is 299 g/mol. The summed E-state index contributed by atoms with van der Waals surface area (Å²) in [5.74, 6) is 0. The Hall–Kier alpha value is -1.89. The second-order valence-corrected chi connectivity index (χ2v) is 6.28. The summed E-state index contributed by atoms with van der Waals surface area (Å²) in [7, 11) is 0. The number of carbonyl (C=O) groups excluding carboxylic acids is 1. The van der Waals surface area contributed by atoms with Gasteiger partial charge in [-0.05, 0) is 0 Å². The summed E-state index contributed by atoms with van der Waals surface area (Å²) >= 11 is 0.0735. The van der Waals surface area contributed by atoms with Crippen LogP contribution >= 0.6 is 0 Å². The summed E-state index contributed by atoms with van der Waals surface area (Å²) in [5.41, 5.74) is 1.14. The van der Waals surface area contributed by atoms with Crippen molar-refractivity contribution in [1.29, 1.82) is 0 Å². The number of benzene rings is 2. The Morgan fingerprint density at radius 1 is 0.895 bits per heavy atom. The summed E-state index contributed by atoms with van der Waals surface area (Å²) in [6.07, 6.45) is 6.78. The minimum absolute atomic E-state index is 0.0735. The van der Waals surface area contributed by atoms with Gasteiger partial charge < -0.3 is 0 Å². The first-order chi connectivity index (χ1) is 9.38. The van der Waals surface area contributed by atoms with Crippen LogP contribution in [0.25, 0.3) is 6.08 Å². The molecule has 0 aromatic heterocycles. The van der Waals surface area contributed by atoms with E-state index in [9.17, 15) is 4.79 Å².